The Bertz CT molecular complexity index is 3510. The molecule has 3 aromatic carbocycles. The van der Waals surface area contributed by atoms with Crippen LogP contribution >= 0.6 is 7.82 Å². The van der Waals surface area contributed by atoms with Crippen LogP contribution in [0.25, 0.3) is 0 Å². The fourth-order valence-electron chi connectivity index (χ4n) is 19.5. The van der Waals surface area contributed by atoms with Crippen molar-refractivity contribution in [2.45, 2.75) is 169 Å². The highest BCUT2D eigenvalue weighted by Crippen LogP contribution is 2.50. The molecule has 3 unspecified atom stereocenters. The van der Waals surface area contributed by atoms with Crippen LogP contribution in [0.3, 0.4) is 0 Å². The lowest BCUT2D eigenvalue weighted by Crippen LogP contribution is -2.67. The maximum Gasteiger partial charge on any atom is 0.343 e. The van der Waals surface area contributed by atoms with Crippen LogP contribution in [-0.2, 0) is 64.3 Å². The van der Waals surface area contributed by atoms with Gasteiger partial charge in [0, 0.05) is 92.2 Å². The van der Waals surface area contributed by atoms with Crippen molar-refractivity contribution in [3.63, 3.8) is 0 Å². The topological polar surface area (TPSA) is 433 Å². The van der Waals surface area contributed by atoms with Gasteiger partial charge in [0.1, 0.15) is 38.4 Å². The predicted molar refractivity (Wildman–Crippen MR) is 362 cm³/mol. The Hall–Kier alpha value is -8.02. The van der Waals surface area contributed by atoms with Crippen molar-refractivity contribution in [3.8, 4) is 0 Å². The van der Waals surface area contributed by atoms with Crippen molar-refractivity contribution in [2.24, 2.45) is 52.7 Å². The van der Waals surface area contributed by atoms with Gasteiger partial charge in [-0.25, -0.2) is 14.4 Å². The first-order chi connectivity index (χ1) is 49.8. The second kappa shape index (κ2) is 31.6. The summed E-state index contributed by atoms with van der Waals surface area (Å²) in [6.45, 7) is 6.05. The summed E-state index contributed by atoms with van der Waals surface area (Å²) in [4.78, 5) is 104. The van der Waals surface area contributed by atoms with Crippen LogP contribution in [0.15, 0.2) is 142 Å². The Kier molecular flexibility index (Phi) is 23.0. The Morgan fingerprint density at radius 3 is 0.817 bits per heavy atom. The standard InChI is InChI=1S/3C25H31N3O5.H3O4P/c3*26-23(29)22(20-12-15-32-27-20)28-13-10-17(11-14-28)21(16-28)33-24(30)25(31,19-8-4-5-9-19)18-6-2-1-3-7-18;1-5(2,3)4/h3*1-3,6-7,12,15,17,19,21-22,31H,4-5,8-11,13-14,16H2,(H-,26,29);(H3,1,2,3,4)/t3*17?,21-,22?,25-,28?;/m000./s1. The van der Waals surface area contributed by atoms with Gasteiger partial charge in [0.25, 0.3) is 17.7 Å². The summed E-state index contributed by atoms with van der Waals surface area (Å²) in [5.74, 6) is -2.95. The summed E-state index contributed by atoms with van der Waals surface area (Å²) < 4.78 is 43.1. The fourth-order valence-corrected chi connectivity index (χ4v) is 19.5. The molecule has 9 N–H and O–H groups in total. The maximum atomic E-state index is 13.6. The Morgan fingerprint density at radius 2 is 0.625 bits per heavy atom. The second-order valence-electron chi connectivity index (χ2n) is 30.4. The van der Waals surface area contributed by atoms with Gasteiger partial charge in [-0.1, -0.05) is 145 Å². The number of nitrogens with two attached hydrogens (primary N) is 3. The smallest absolute Gasteiger partial charge is 0.343 e. The van der Waals surface area contributed by atoms with E-state index in [1.54, 1.807) is 54.6 Å². The molecule has 560 valence electrons. The molecular formula is C75H96N9O19P. The van der Waals surface area contributed by atoms with Crippen LogP contribution in [0.2, 0.25) is 0 Å². The van der Waals surface area contributed by atoms with Crippen LogP contribution in [0, 0.1) is 35.5 Å². The number of fused-ring (bicyclic) bond motifs is 9. The lowest BCUT2D eigenvalue weighted by molar-refractivity contribution is -0.965. The minimum absolute atomic E-state index is 0.162. The molecule has 28 nitrogen and oxygen atoms in total. The summed E-state index contributed by atoms with van der Waals surface area (Å²) in [7, 11) is -5.39. The first-order valence-corrected chi connectivity index (χ1v) is 38.1. The summed E-state index contributed by atoms with van der Waals surface area (Å²) in [5.41, 5.74) is 15.8. The Balaban J connectivity index is 0.000000142. The molecule has 104 heavy (non-hydrogen) atoms. The number of hydrogen-bond donors (Lipinski definition) is 6. The van der Waals surface area contributed by atoms with Crippen molar-refractivity contribution >= 4 is 43.5 Å². The molecule has 12 heterocycles. The van der Waals surface area contributed by atoms with E-state index in [0.29, 0.717) is 66.9 Å². The van der Waals surface area contributed by atoms with E-state index in [1.807, 2.05) is 54.6 Å². The van der Waals surface area contributed by atoms with Gasteiger partial charge >= 0.3 is 17.9 Å². The van der Waals surface area contributed by atoms with E-state index >= 15 is 0 Å². The minimum Gasteiger partial charge on any atom is -0.822 e. The highest BCUT2D eigenvalue weighted by molar-refractivity contribution is 7.40. The van der Waals surface area contributed by atoms with Crippen LogP contribution < -0.4 is 31.9 Å². The molecule has 0 radical (unpaired) electrons. The number of amides is 3. The van der Waals surface area contributed by atoms with Crippen molar-refractivity contribution in [1.82, 2.24) is 15.5 Å². The molecule has 6 aromatic rings. The van der Waals surface area contributed by atoms with Crippen LogP contribution in [0.5, 0.6) is 0 Å². The average Bonchev–Trinajstić information content (AvgIpc) is 0.918. The monoisotopic (exact) mass is 1460 g/mol. The zero-order valence-electron chi connectivity index (χ0n) is 58.4. The van der Waals surface area contributed by atoms with E-state index in [0.717, 1.165) is 155 Å². The average molecular weight is 1460 g/mol. The number of piperidine rings is 9. The minimum atomic E-state index is -5.39. The Morgan fingerprint density at radius 1 is 0.404 bits per heavy atom. The van der Waals surface area contributed by atoms with Crippen molar-refractivity contribution in [2.75, 3.05) is 58.9 Å². The molecule has 3 saturated carbocycles. The number of carbonyl (C=O) groups excluding carboxylic acids is 6. The van der Waals surface area contributed by atoms with E-state index < -0.39 is 78.4 Å². The van der Waals surface area contributed by atoms with Gasteiger partial charge in [0.15, 0.2) is 52.2 Å². The number of phosphoric acid groups is 1. The van der Waals surface area contributed by atoms with Crippen LogP contribution in [-0.4, -0.2) is 157 Å². The molecule has 3 amide bonds. The van der Waals surface area contributed by atoms with Gasteiger partial charge in [0.2, 0.25) is 18.1 Å². The van der Waals surface area contributed by atoms with E-state index in [2.05, 4.69) is 15.5 Å². The number of rotatable bonds is 21. The van der Waals surface area contributed by atoms with E-state index in [1.165, 1.54) is 18.8 Å². The maximum absolute atomic E-state index is 13.6. The number of aromatic nitrogens is 3. The number of ether oxygens (including phenoxy) is 3. The van der Waals surface area contributed by atoms with E-state index in [-0.39, 0.29) is 53.8 Å². The highest BCUT2D eigenvalue weighted by Gasteiger charge is 2.61. The van der Waals surface area contributed by atoms with Gasteiger partial charge in [0.05, 0.1) is 39.3 Å². The molecule has 18 rings (SSSR count). The van der Waals surface area contributed by atoms with Gasteiger partial charge < -0.3 is 93.0 Å². The molecule has 12 fully saturated rings. The number of nitrogens with zero attached hydrogens (tertiary/aromatic N) is 6. The number of esters is 3. The molecule has 9 aliphatic heterocycles. The third kappa shape index (κ3) is 15.5. The summed E-state index contributed by atoms with van der Waals surface area (Å²) >= 11 is 0. The van der Waals surface area contributed by atoms with Crippen molar-refractivity contribution in [1.29, 1.82) is 0 Å². The summed E-state index contributed by atoms with van der Waals surface area (Å²) in [6.07, 6.45) is 18.9. The zero-order valence-corrected chi connectivity index (χ0v) is 59.3. The number of carbonyl (C=O) groups is 6. The molecule has 6 bridgehead atoms. The molecule has 3 aromatic heterocycles. The van der Waals surface area contributed by atoms with Crippen LogP contribution in [0.4, 0.5) is 0 Å². The third-order valence-corrected chi connectivity index (χ3v) is 24.7. The van der Waals surface area contributed by atoms with Gasteiger partial charge in [-0.3, -0.25) is 14.4 Å². The molecule has 9 saturated heterocycles. The van der Waals surface area contributed by atoms with Crippen molar-refractivity contribution < 1.29 is 105 Å². The number of hydrogen-bond acceptors (Lipinski definition) is 22. The molecule has 29 heteroatoms. The molecule has 12 aliphatic rings. The number of quaternary nitrogens is 3. The van der Waals surface area contributed by atoms with Gasteiger partial charge in [-0.15, -0.1) is 0 Å². The second-order valence-corrected chi connectivity index (χ2v) is 31.3. The summed E-state index contributed by atoms with van der Waals surface area (Å²) in [6, 6.07) is 30.6. The number of benzene rings is 3. The summed E-state index contributed by atoms with van der Waals surface area (Å²) in [5, 5.41) is 47.4. The lowest BCUT2D eigenvalue weighted by Gasteiger charge is -2.54. The normalized spacial score (nSPS) is 29.1. The molecule has 9 atom stereocenters. The zero-order chi connectivity index (χ0) is 73.7. The SMILES string of the molecule is NC(=O)C(c1ccon1)[N+]12CCC(CC1)[C@@H](OC(=O)[C@](O)(c1ccccc1)C1CCCC1)C2.NC(=O)C(c1ccon1)[N+]12CCC(CC1)[C@@H](OC(=O)[C@](O)(c1ccccc1)C1CCCC1)C2.NC(=O)C(c1ccon1)[N+]12CCC(CC1)[C@@H](OC(=O)[C@](O)(c1ccccc1)C1CCCC1)C2.O=P([O-])([O-])[O-]. The highest BCUT2D eigenvalue weighted by atomic mass is 31.2. The first-order valence-electron chi connectivity index (χ1n) is 36.7. The van der Waals surface area contributed by atoms with E-state index in [9.17, 15) is 44.1 Å². The number of primary amides is 3. The predicted octanol–water partition coefficient (Wildman–Crippen LogP) is 4.47. The lowest BCUT2D eigenvalue weighted by atomic mass is 9.79. The number of aliphatic hydroxyl groups is 3. The van der Waals surface area contributed by atoms with Crippen LogP contribution in [0.1, 0.15) is 167 Å². The fraction of sp³-hybridized carbons (Fsp3) is 0.560. The van der Waals surface area contributed by atoms with Gasteiger partial charge in [-0.05, 0) is 55.2 Å². The first kappa shape index (κ1) is 75.7. The third-order valence-electron chi connectivity index (χ3n) is 24.7. The van der Waals surface area contributed by atoms with Gasteiger partial charge in [-0.2, -0.15) is 7.82 Å². The molecular weight excluding hydrogens is 1360 g/mol. The van der Waals surface area contributed by atoms with E-state index in [4.69, 9.17) is 64.2 Å². The largest absolute Gasteiger partial charge is 0.822 e. The quantitative estimate of drug-likeness (QED) is 0.0250. The van der Waals surface area contributed by atoms with Crippen molar-refractivity contribution in [3.05, 3.63) is 162 Å². The molecule has 3 aliphatic carbocycles. The molecule has 0 spiro atoms. The Labute approximate surface area is 603 Å².